The summed E-state index contributed by atoms with van der Waals surface area (Å²) in [5.41, 5.74) is 4.16. The highest BCUT2D eigenvalue weighted by Gasteiger charge is 2.34. The number of carboxylic acid groups (broad SMARTS) is 1. The molecule has 1 aliphatic carbocycles. The van der Waals surface area contributed by atoms with Crippen LogP contribution in [0.25, 0.3) is 0 Å². The van der Waals surface area contributed by atoms with Crippen molar-refractivity contribution >= 4 is 17.6 Å². The van der Waals surface area contributed by atoms with Gasteiger partial charge in [-0.15, -0.1) is 0 Å². The first-order valence-corrected chi connectivity index (χ1v) is 10.8. The van der Waals surface area contributed by atoms with Crippen LogP contribution in [-0.2, 0) is 28.9 Å². The maximum absolute atomic E-state index is 12.6. The minimum atomic E-state index is -0.884. The first-order valence-electron chi connectivity index (χ1n) is 10.8. The van der Waals surface area contributed by atoms with E-state index in [1.165, 1.54) is 17.5 Å². The van der Waals surface area contributed by atoms with Crippen molar-refractivity contribution in [3.8, 4) is 5.75 Å². The molecule has 2 atom stereocenters. The third-order valence-corrected chi connectivity index (χ3v) is 5.92. The third-order valence-electron chi connectivity index (χ3n) is 5.92. The van der Waals surface area contributed by atoms with E-state index in [2.05, 4.69) is 11.4 Å². The minimum Gasteiger partial charge on any atom is -0.486 e. The predicted molar refractivity (Wildman–Crippen MR) is 116 cm³/mol. The normalized spacial score (nSPS) is 20.8. The Bertz CT molecular complexity index is 943. The maximum atomic E-state index is 12.6. The average Bonchev–Trinajstić information content (AvgIpc) is 3.07. The van der Waals surface area contributed by atoms with Crippen LogP contribution >= 0.6 is 0 Å². The van der Waals surface area contributed by atoms with E-state index in [-0.39, 0.29) is 18.9 Å². The van der Waals surface area contributed by atoms with Crippen molar-refractivity contribution < 1.29 is 24.5 Å². The van der Waals surface area contributed by atoms with Crippen LogP contribution in [0.1, 0.15) is 29.5 Å². The topological polar surface area (TPSA) is 99.1 Å². The van der Waals surface area contributed by atoms with Crippen LogP contribution in [-0.4, -0.2) is 58.8 Å². The summed E-state index contributed by atoms with van der Waals surface area (Å²) < 4.78 is 5.88. The number of ether oxygens (including phenoxy) is 1. The molecule has 2 aromatic carbocycles. The molecule has 1 heterocycles. The first kappa shape index (κ1) is 21.3. The number of aliphatic hydroxyl groups excluding tert-OH is 1. The molecule has 2 aliphatic rings. The average molecular weight is 424 g/mol. The largest absolute Gasteiger partial charge is 0.486 e. The number of aryl methyl sites for hydroxylation is 1. The molecule has 2 aromatic rings. The van der Waals surface area contributed by atoms with Gasteiger partial charge in [0.1, 0.15) is 18.0 Å². The number of amides is 1. The number of fused-ring (bicyclic) bond motifs is 1. The van der Waals surface area contributed by atoms with Crippen molar-refractivity contribution in [2.45, 2.75) is 44.3 Å². The summed E-state index contributed by atoms with van der Waals surface area (Å²) in [5, 5.41) is 22.3. The van der Waals surface area contributed by atoms with E-state index in [9.17, 15) is 14.7 Å². The lowest BCUT2D eigenvalue weighted by atomic mass is 9.90. The second-order valence-corrected chi connectivity index (χ2v) is 8.33. The number of carboxylic acids is 1. The van der Waals surface area contributed by atoms with Gasteiger partial charge < -0.3 is 20.3 Å². The van der Waals surface area contributed by atoms with Crippen LogP contribution in [0.5, 0.6) is 5.75 Å². The zero-order valence-corrected chi connectivity index (χ0v) is 17.4. The lowest BCUT2D eigenvalue weighted by Crippen LogP contribution is -2.33. The van der Waals surface area contributed by atoms with E-state index in [0.717, 1.165) is 24.9 Å². The Hall–Kier alpha value is -2.90. The Kier molecular flexibility index (Phi) is 6.53. The molecule has 1 fully saturated rings. The number of hydrogen-bond acceptors (Lipinski definition) is 5. The zero-order chi connectivity index (χ0) is 21.8. The van der Waals surface area contributed by atoms with Gasteiger partial charge in [-0.1, -0.05) is 24.3 Å². The lowest BCUT2D eigenvalue weighted by Gasteiger charge is -2.21. The van der Waals surface area contributed by atoms with Gasteiger partial charge in [0.05, 0.1) is 13.0 Å². The highest BCUT2D eigenvalue weighted by molar-refractivity contribution is 5.93. The van der Waals surface area contributed by atoms with Crippen molar-refractivity contribution in [1.29, 1.82) is 0 Å². The third kappa shape index (κ3) is 5.42. The van der Waals surface area contributed by atoms with Gasteiger partial charge in [-0.05, 0) is 60.6 Å². The fraction of sp³-hybridized carbons (Fsp3) is 0.417. The van der Waals surface area contributed by atoms with E-state index >= 15 is 0 Å². The second kappa shape index (κ2) is 9.49. The van der Waals surface area contributed by atoms with Crippen LogP contribution in [0, 0.1) is 0 Å². The van der Waals surface area contributed by atoms with Crippen LogP contribution in [0.2, 0.25) is 0 Å². The molecule has 0 saturated carbocycles. The number of carbonyl (C=O) groups excluding carboxylic acids is 1. The minimum absolute atomic E-state index is 0.0418. The number of nitrogens with zero attached hydrogens (tertiary/aromatic N) is 1. The maximum Gasteiger partial charge on any atom is 0.307 e. The highest BCUT2D eigenvalue weighted by Crippen LogP contribution is 2.28. The number of benzene rings is 2. The Morgan fingerprint density at radius 1 is 1.06 bits per heavy atom. The number of anilines is 1. The number of carbonyl (C=O) groups is 2. The molecule has 0 radical (unpaired) electrons. The van der Waals surface area contributed by atoms with Gasteiger partial charge in [-0.2, -0.15) is 0 Å². The SMILES string of the molecule is O=C(O)Cc1ccc(O[C@@H]2CN(CC(=O)Nc3cccc4c3CCCC4)C[C@H]2O)cc1. The van der Waals surface area contributed by atoms with E-state index in [0.29, 0.717) is 24.4 Å². The van der Waals surface area contributed by atoms with Crippen LogP contribution in [0.4, 0.5) is 5.69 Å². The summed E-state index contributed by atoms with van der Waals surface area (Å²) >= 11 is 0. The number of nitrogens with one attached hydrogen (secondary N) is 1. The Morgan fingerprint density at radius 3 is 2.61 bits per heavy atom. The van der Waals surface area contributed by atoms with E-state index in [4.69, 9.17) is 9.84 Å². The van der Waals surface area contributed by atoms with Gasteiger partial charge in [0.2, 0.25) is 5.91 Å². The summed E-state index contributed by atoms with van der Waals surface area (Å²) in [4.78, 5) is 25.3. The number of aliphatic carboxylic acids is 1. The molecule has 1 aliphatic heterocycles. The fourth-order valence-corrected chi connectivity index (χ4v) is 4.40. The summed E-state index contributed by atoms with van der Waals surface area (Å²) in [6.07, 6.45) is 3.22. The highest BCUT2D eigenvalue weighted by atomic mass is 16.5. The van der Waals surface area contributed by atoms with Gasteiger partial charge in [0.15, 0.2) is 0 Å². The van der Waals surface area contributed by atoms with Gasteiger partial charge in [0, 0.05) is 18.8 Å². The molecule has 31 heavy (non-hydrogen) atoms. The van der Waals surface area contributed by atoms with Crippen LogP contribution in [0.15, 0.2) is 42.5 Å². The second-order valence-electron chi connectivity index (χ2n) is 8.33. The molecule has 7 nitrogen and oxygen atoms in total. The van der Waals surface area contributed by atoms with Crippen molar-refractivity contribution in [2.24, 2.45) is 0 Å². The van der Waals surface area contributed by atoms with Crippen molar-refractivity contribution in [2.75, 3.05) is 25.0 Å². The number of likely N-dealkylation sites (tertiary alicyclic amines) is 1. The van der Waals surface area contributed by atoms with E-state index < -0.39 is 18.2 Å². The Labute approximate surface area is 181 Å². The first-order chi connectivity index (χ1) is 15.0. The van der Waals surface area contributed by atoms with Gasteiger partial charge >= 0.3 is 5.97 Å². The molecule has 0 unspecified atom stereocenters. The standard InChI is InChI=1S/C24H28N2O5/c27-21-13-26(14-22(21)31-18-10-8-16(9-11-18)12-24(29)30)15-23(28)25-20-7-3-5-17-4-1-2-6-19(17)20/h3,5,7-11,21-22,27H,1-2,4,6,12-15H2,(H,25,28)(H,29,30)/t21-,22-/m1/s1. The Balaban J connectivity index is 1.31. The molecule has 1 saturated heterocycles. The zero-order valence-electron chi connectivity index (χ0n) is 17.4. The predicted octanol–water partition coefficient (Wildman–Crippen LogP) is 2.26. The quantitative estimate of drug-likeness (QED) is 0.631. The van der Waals surface area contributed by atoms with E-state index in [1.807, 2.05) is 17.0 Å². The van der Waals surface area contributed by atoms with Crippen LogP contribution in [0.3, 0.4) is 0 Å². The fourth-order valence-electron chi connectivity index (χ4n) is 4.40. The van der Waals surface area contributed by atoms with Crippen molar-refractivity contribution in [1.82, 2.24) is 4.90 Å². The number of aliphatic hydroxyl groups is 1. The van der Waals surface area contributed by atoms with Gasteiger partial charge in [-0.25, -0.2) is 0 Å². The van der Waals surface area contributed by atoms with Gasteiger partial charge in [-0.3, -0.25) is 14.5 Å². The van der Waals surface area contributed by atoms with Crippen molar-refractivity contribution in [3.05, 3.63) is 59.2 Å². The number of hydrogen-bond donors (Lipinski definition) is 3. The number of rotatable bonds is 7. The summed E-state index contributed by atoms with van der Waals surface area (Å²) in [6, 6.07) is 12.9. The van der Waals surface area contributed by atoms with Crippen LogP contribution < -0.4 is 10.1 Å². The summed E-state index contributed by atoms with van der Waals surface area (Å²) in [7, 11) is 0. The Morgan fingerprint density at radius 2 is 1.84 bits per heavy atom. The monoisotopic (exact) mass is 424 g/mol. The van der Waals surface area contributed by atoms with E-state index in [1.54, 1.807) is 24.3 Å². The molecule has 0 aromatic heterocycles. The molecular formula is C24H28N2O5. The molecule has 0 bridgehead atoms. The number of β-amino-alcohol motifs (C(OH)–C–C–N with tert-alkyl or cyclic N) is 1. The summed E-state index contributed by atoms with van der Waals surface area (Å²) in [6.45, 7) is 0.999. The molecule has 1 amide bonds. The molecule has 7 heteroatoms. The lowest BCUT2D eigenvalue weighted by molar-refractivity contribution is -0.136. The smallest absolute Gasteiger partial charge is 0.307 e. The van der Waals surface area contributed by atoms with Gasteiger partial charge in [0.25, 0.3) is 0 Å². The molecule has 4 rings (SSSR count). The molecule has 3 N–H and O–H groups in total. The molecule has 164 valence electrons. The molecular weight excluding hydrogens is 396 g/mol. The summed E-state index contributed by atoms with van der Waals surface area (Å²) in [5.74, 6) is -0.407. The van der Waals surface area contributed by atoms with Crippen molar-refractivity contribution in [3.63, 3.8) is 0 Å². The molecule has 0 spiro atoms.